The SMILES string of the molecule is CC.CCCF.CCN(C)CCC(C)Nc1cccc2c1cc(-c1nnc(CNC(=O)c3ccccc3OC)o1)n2CC(F)(F)F.[CH3][Sn]. The summed E-state index contributed by atoms with van der Waals surface area (Å²) in [5, 5.41) is 14.7. The summed E-state index contributed by atoms with van der Waals surface area (Å²) in [7, 11) is 3.50. The first-order valence-corrected chi connectivity index (χ1v) is 18.8. The number of alkyl halides is 4. The van der Waals surface area contributed by atoms with Crippen molar-refractivity contribution in [2.45, 2.75) is 77.7 Å². The number of aromatic nitrogens is 3. The molecule has 0 spiro atoms. The molecule has 1 unspecified atom stereocenters. The van der Waals surface area contributed by atoms with Gasteiger partial charge in [-0.3, -0.25) is 9.18 Å². The van der Waals surface area contributed by atoms with Gasteiger partial charge in [0.15, 0.2) is 0 Å². The van der Waals surface area contributed by atoms with Crippen molar-refractivity contribution < 1.29 is 31.5 Å². The van der Waals surface area contributed by atoms with Crippen LogP contribution in [0.2, 0.25) is 4.94 Å². The van der Waals surface area contributed by atoms with Crippen LogP contribution in [0.1, 0.15) is 63.7 Å². The van der Waals surface area contributed by atoms with E-state index in [-0.39, 0.29) is 36.7 Å². The van der Waals surface area contributed by atoms with Gasteiger partial charge in [-0.05, 0) is 70.2 Å². The van der Waals surface area contributed by atoms with Crippen LogP contribution in [0.5, 0.6) is 5.75 Å². The van der Waals surface area contributed by atoms with Crippen molar-refractivity contribution in [3.63, 3.8) is 0 Å². The summed E-state index contributed by atoms with van der Waals surface area (Å²) in [6.07, 6.45) is -2.96. The van der Waals surface area contributed by atoms with E-state index in [1.54, 1.807) is 71.9 Å². The first-order chi connectivity index (χ1) is 23.0. The molecule has 2 aromatic heterocycles. The number of amides is 1. The van der Waals surface area contributed by atoms with Gasteiger partial charge in [-0.15, -0.1) is 10.2 Å². The van der Waals surface area contributed by atoms with Crippen LogP contribution in [0.3, 0.4) is 0 Å². The number of nitrogens with zero attached hydrogens (tertiary/aromatic N) is 4. The number of ether oxygens (including phenoxy) is 1. The Hall–Kier alpha value is -3.33. The third kappa shape index (κ3) is 13.3. The van der Waals surface area contributed by atoms with Crippen molar-refractivity contribution in [3.05, 3.63) is 60.0 Å². The summed E-state index contributed by atoms with van der Waals surface area (Å²) >= 11 is 1.55. The van der Waals surface area contributed by atoms with Crippen molar-refractivity contribution in [2.75, 3.05) is 39.2 Å². The number of nitrogens with one attached hydrogen (secondary N) is 2. The van der Waals surface area contributed by atoms with E-state index in [9.17, 15) is 22.4 Å². The molecule has 9 nitrogen and oxygen atoms in total. The van der Waals surface area contributed by atoms with E-state index in [0.29, 0.717) is 28.6 Å². The molecule has 2 N–H and O–H groups in total. The summed E-state index contributed by atoms with van der Waals surface area (Å²) in [5.41, 5.74) is 1.56. The van der Waals surface area contributed by atoms with Crippen LogP contribution in [-0.2, 0) is 13.1 Å². The average molecular weight is 785 g/mol. The fourth-order valence-electron chi connectivity index (χ4n) is 4.36. The van der Waals surface area contributed by atoms with E-state index in [4.69, 9.17) is 9.15 Å². The van der Waals surface area contributed by atoms with Crippen LogP contribution >= 0.6 is 0 Å². The molecular formula is C34H49F4N6O3Sn. The predicted molar refractivity (Wildman–Crippen MR) is 186 cm³/mol. The maximum absolute atomic E-state index is 13.6. The molecule has 2 heterocycles. The molecule has 0 fully saturated rings. The Bertz CT molecular complexity index is 1490. The van der Waals surface area contributed by atoms with E-state index in [1.165, 1.54) is 7.11 Å². The zero-order valence-corrected chi connectivity index (χ0v) is 32.0. The van der Waals surface area contributed by atoms with E-state index in [0.717, 1.165) is 29.8 Å². The molecule has 265 valence electrons. The standard InChI is InChI=1S/C28H33F3N6O3.C3H7F.C2H6.CH3.Sn/c1-5-36(3)14-13-18(2)33-21-10-8-11-22-20(21)15-23(37(22)17-28(29,30)31)27-35-34-25(40-27)16-32-26(38)19-9-6-7-12-24(19)39-4;1-2-3-4;1-2;;/h6-12,15,18,33H,5,13-14,16-17H2,1-4H3,(H,32,38);2-3H2,1H3;1-2H3;1H3;. The van der Waals surface area contributed by atoms with Gasteiger partial charge in [-0.2, -0.15) is 13.2 Å². The van der Waals surface area contributed by atoms with Gasteiger partial charge in [0.25, 0.3) is 11.8 Å². The monoisotopic (exact) mass is 785 g/mol. The minimum atomic E-state index is -4.48. The van der Waals surface area contributed by atoms with E-state index in [1.807, 2.05) is 33.9 Å². The predicted octanol–water partition coefficient (Wildman–Crippen LogP) is 7.93. The topological polar surface area (TPSA) is 97.5 Å². The molecule has 4 aromatic rings. The minimum absolute atomic E-state index is 0.0501. The summed E-state index contributed by atoms with van der Waals surface area (Å²) in [6.45, 7) is 10.2. The first kappa shape index (κ1) is 42.7. The van der Waals surface area contributed by atoms with E-state index < -0.39 is 18.6 Å². The molecule has 0 aliphatic carbocycles. The Morgan fingerprint density at radius 2 is 1.77 bits per heavy atom. The summed E-state index contributed by atoms with van der Waals surface area (Å²) in [4.78, 5) is 16.9. The summed E-state index contributed by atoms with van der Waals surface area (Å²) in [6, 6.07) is 13.6. The average Bonchev–Trinajstić information content (AvgIpc) is 3.72. The Morgan fingerprint density at radius 1 is 1.10 bits per heavy atom. The number of benzene rings is 2. The van der Waals surface area contributed by atoms with Gasteiger partial charge in [0.1, 0.15) is 18.0 Å². The molecule has 0 saturated heterocycles. The molecule has 0 aliphatic heterocycles. The van der Waals surface area contributed by atoms with Crippen molar-refractivity contribution in [1.82, 2.24) is 25.0 Å². The third-order valence-electron chi connectivity index (χ3n) is 6.80. The molecule has 14 heteroatoms. The zero-order valence-electron chi connectivity index (χ0n) is 29.2. The van der Waals surface area contributed by atoms with Crippen molar-refractivity contribution >= 4 is 45.0 Å². The summed E-state index contributed by atoms with van der Waals surface area (Å²) in [5.74, 6) is -0.0445. The van der Waals surface area contributed by atoms with Crippen LogP contribution in [0.15, 0.2) is 52.9 Å². The van der Waals surface area contributed by atoms with Gasteiger partial charge in [0.05, 0.1) is 31.4 Å². The third-order valence-corrected chi connectivity index (χ3v) is 6.80. The Morgan fingerprint density at radius 3 is 2.38 bits per heavy atom. The molecule has 2 aromatic carbocycles. The number of halogens is 4. The molecule has 1 atom stereocenters. The van der Waals surface area contributed by atoms with Gasteiger partial charge in [0, 0.05) is 17.1 Å². The number of rotatable bonds is 13. The van der Waals surface area contributed by atoms with Crippen LogP contribution in [0.4, 0.5) is 23.2 Å². The first-order valence-electron chi connectivity index (χ1n) is 15.9. The normalized spacial score (nSPS) is 11.4. The molecular weight excluding hydrogens is 735 g/mol. The van der Waals surface area contributed by atoms with Gasteiger partial charge >= 0.3 is 33.6 Å². The number of fused-ring (bicyclic) bond motifs is 1. The second kappa shape index (κ2) is 22.3. The number of hydrogen-bond acceptors (Lipinski definition) is 7. The Balaban J connectivity index is 0.00000132. The van der Waals surface area contributed by atoms with Crippen LogP contribution in [0, 0.1) is 0 Å². The van der Waals surface area contributed by atoms with E-state index in [2.05, 4.69) is 37.6 Å². The number of carbonyl (C=O) groups excluding carboxylic acids is 1. The zero-order chi connectivity index (χ0) is 36.3. The molecule has 48 heavy (non-hydrogen) atoms. The number of methoxy groups -OCH3 is 1. The fourth-order valence-corrected chi connectivity index (χ4v) is 4.36. The summed E-state index contributed by atoms with van der Waals surface area (Å²) < 4.78 is 63.7. The quantitative estimate of drug-likeness (QED) is 0.105. The van der Waals surface area contributed by atoms with Gasteiger partial charge in [0.2, 0.25) is 5.89 Å². The van der Waals surface area contributed by atoms with Crippen molar-refractivity contribution in [2.24, 2.45) is 0 Å². The molecule has 0 aliphatic rings. The van der Waals surface area contributed by atoms with Gasteiger partial charge in [-0.25, -0.2) is 0 Å². The van der Waals surface area contributed by atoms with Gasteiger partial charge < -0.3 is 29.3 Å². The Kier molecular flexibility index (Phi) is 19.9. The molecule has 0 saturated carbocycles. The maximum atomic E-state index is 13.6. The van der Waals surface area contributed by atoms with Crippen LogP contribution in [0.25, 0.3) is 22.5 Å². The number of carbonyl (C=O) groups is 1. The van der Waals surface area contributed by atoms with Crippen LogP contribution < -0.4 is 15.4 Å². The van der Waals surface area contributed by atoms with Gasteiger partial charge in [-0.1, -0.05) is 45.9 Å². The molecule has 1 amide bonds. The molecule has 0 bridgehead atoms. The number of hydrogen-bond donors (Lipinski definition) is 2. The van der Waals surface area contributed by atoms with Crippen molar-refractivity contribution in [1.29, 1.82) is 0 Å². The number of para-hydroxylation sites is 1. The van der Waals surface area contributed by atoms with E-state index >= 15 is 0 Å². The van der Waals surface area contributed by atoms with Crippen molar-refractivity contribution in [3.8, 4) is 17.3 Å². The molecule has 4 rings (SSSR count). The Labute approximate surface area is 294 Å². The second-order valence-corrected chi connectivity index (χ2v) is 10.3. The second-order valence-electron chi connectivity index (χ2n) is 10.3. The number of anilines is 1. The fraction of sp³-hybridized carbons (Fsp3) is 0.500. The molecule has 3 radical (unpaired) electrons. The van der Waals surface area contributed by atoms with Crippen LogP contribution in [-0.4, -0.2) is 94.2 Å².